The number of nitrogens with zero attached hydrogens (tertiary/aromatic N) is 3. The molecule has 1 aromatic heterocycles. The highest BCUT2D eigenvalue weighted by Crippen LogP contribution is 2.55. The van der Waals surface area contributed by atoms with E-state index in [4.69, 9.17) is 4.74 Å². The highest BCUT2D eigenvalue weighted by molar-refractivity contribution is 5.54. The van der Waals surface area contributed by atoms with Gasteiger partial charge in [-0.15, -0.1) is 0 Å². The summed E-state index contributed by atoms with van der Waals surface area (Å²) in [5.74, 6) is -0.286. The number of aromatic nitrogens is 3. The van der Waals surface area contributed by atoms with Gasteiger partial charge in [-0.3, -0.25) is 0 Å². The van der Waals surface area contributed by atoms with Gasteiger partial charge in [-0.1, -0.05) is 13.0 Å². The Bertz CT molecular complexity index is 918. The lowest BCUT2D eigenvalue weighted by Crippen LogP contribution is -2.58. The van der Waals surface area contributed by atoms with E-state index in [1.807, 2.05) is 20.8 Å². The van der Waals surface area contributed by atoms with Crippen LogP contribution in [-0.2, 0) is 16.5 Å². The number of hydrogen-bond acceptors (Lipinski definition) is 4. The lowest BCUT2D eigenvalue weighted by atomic mass is 9.67. The van der Waals surface area contributed by atoms with Crippen LogP contribution in [0, 0.1) is 5.21 Å². The van der Waals surface area contributed by atoms with Crippen molar-refractivity contribution in [2.24, 2.45) is 0 Å². The molecule has 0 N–H and O–H groups in total. The number of ether oxygens (including phenoxy) is 1. The van der Waals surface area contributed by atoms with Crippen LogP contribution >= 0.6 is 0 Å². The van der Waals surface area contributed by atoms with Crippen molar-refractivity contribution in [3.8, 4) is 11.4 Å². The molecular weight excluding hydrogens is 359 g/mol. The van der Waals surface area contributed by atoms with E-state index in [2.05, 4.69) is 10.2 Å². The van der Waals surface area contributed by atoms with Crippen LogP contribution < -0.4 is 4.73 Å². The molecule has 5 rings (SSSR count). The van der Waals surface area contributed by atoms with Crippen LogP contribution in [0.2, 0.25) is 0 Å². The molecule has 5 nitrogen and oxygen atoms in total. The van der Waals surface area contributed by atoms with Crippen LogP contribution in [0.15, 0.2) is 24.3 Å². The Kier molecular flexibility index (Phi) is 3.79. The molecule has 0 radical (unpaired) electrons. The molecule has 3 atom stereocenters. The van der Waals surface area contributed by atoms with Crippen molar-refractivity contribution < 1.29 is 22.6 Å². The second-order valence-corrected chi connectivity index (χ2v) is 7.72. The number of rotatable bonds is 2. The predicted molar refractivity (Wildman–Crippen MR) is 90.5 cm³/mol. The van der Waals surface area contributed by atoms with Gasteiger partial charge in [-0.25, -0.2) is 4.73 Å². The normalized spacial score (nSPS) is 29.6. The first-order valence-electron chi connectivity index (χ1n) is 8.97. The van der Waals surface area contributed by atoms with Crippen molar-refractivity contribution >= 4 is 0 Å². The summed E-state index contributed by atoms with van der Waals surface area (Å²) in [5.41, 5.74) is -0.978. The summed E-state index contributed by atoms with van der Waals surface area (Å²) in [6.07, 6.45) is -2.28. The number of alkyl halides is 3. The molecular formula is C19H20F3N3O2. The minimum absolute atomic E-state index is 0.0980. The largest absolute Gasteiger partial charge is 0.710 e. The molecule has 2 aromatic rings. The fourth-order valence-corrected chi connectivity index (χ4v) is 4.37. The molecule has 27 heavy (non-hydrogen) atoms. The van der Waals surface area contributed by atoms with Gasteiger partial charge < -0.3 is 9.94 Å². The maximum atomic E-state index is 13.2. The van der Waals surface area contributed by atoms with E-state index in [9.17, 15) is 18.4 Å². The standard InChI is InChI=1S/C19H20F3N3O2/c1-4-17(2)13-8-9-18(3,27-17)15-14(13)25(26)16(24-23-15)11-6-5-7-12(10-11)19(20,21)22/h5-7,10,13H,4,8-9H2,1-3H3. The van der Waals surface area contributed by atoms with Gasteiger partial charge in [0.05, 0.1) is 27.7 Å². The third-order valence-corrected chi connectivity index (χ3v) is 5.99. The van der Waals surface area contributed by atoms with Gasteiger partial charge in [0.15, 0.2) is 5.69 Å². The van der Waals surface area contributed by atoms with E-state index < -0.39 is 22.9 Å². The van der Waals surface area contributed by atoms with Crippen molar-refractivity contribution in [3.05, 3.63) is 46.4 Å². The van der Waals surface area contributed by atoms with Crippen LogP contribution in [0.5, 0.6) is 0 Å². The lowest BCUT2D eigenvalue weighted by Gasteiger charge is -2.53. The number of benzene rings is 1. The van der Waals surface area contributed by atoms with Gasteiger partial charge >= 0.3 is 12.0 Å². The molecule has 144 valence electrons. The molecule has 1 aliphatic carbocycles. The van der Waals surface area contributed by atoms with Gasteiger partial charge in [0.1, 0.15) is 11.3 Å². The van der Waals surface area contributed by atoms with Crippen molar-refractivity contribution in [1.82, 2.24) is 10.2 Å². The molecule has 3 unspecified atom stereocenters. The molecule has 1 fully saturated rings. The fraction of sp³-hybridized carbons (Fsp3) is 0.526. The zero-order valence-corrected chi connectivity index (χ0v) is 15.3. The monoisotopic (exact) mass is 379 g/mol. The van der Waals surface area contributed by atoms with Crippen molar-refractivity contribution in [2.45, 2.75) is 63.3 Å². The van der Waals surface area contributed by atoms with E-state index in [0.717, 1.165) is 25.0 Å². The van der Waals surface area contributed by atoms with Gasteiger partial charge in [-0.2, -0.15) is 13.2 Å². The molecule has 0 spiro atoms. The second-order valence-electron chi connectivity index (χ2n) is 7.72. The minimum Gasteiger partial charge on any atom is -0.710 e. The number of fused-ring (bicyclic) bond motifs is 2. The highest BCUT2D eigenvalue weighted by atomic mass is 19.4. The maximum Gasteiger partial charge on any atom is 0.416 e. The van der Waals surface area contributed by atoms with Crippen molar-refractivity contribution in [1.29, 1.82) is 0 Å². The molecule has 0 amide bonds. The van der Waals surface area contributed by atoms with E-state index in [1.165, 1.54) is 12.1 Å². The molecule has 2 bridgehead atoms. The first kappa shape index (κ1) is 18.2. The van der Waals surface area contributed by atoms with E-state index in [-0.39, 0.29) is 17.3 Å². The summed E-state index contributed by atoms with van der Waals surface area (Å²) < 4.78 is 46.1. The molecule has 3 heterocycles. The van der Waals surface area contributed by atoms with Crippen LogP contribution in [0.25, 0.3) is 11.4 Å². The first-order chi connectivity index (χ1) is 12.6. The van der Waals surface area contributed by atoms with Gasteiger partial charge in [0.25, 0.3) is 0 Å². The smallest absolute Gasteiger partial charge is 0.416 e. The first-order valence-corrected chi connectivity index (χ1v) is 8.97. The Labute approximate surface area is 154 Å². The average Bonchev–Trinajstić information content (AvgIpc) is 2.61. The summed E-state index contributed by atoms with van der Waals surface area (Å²) in [6.45, 7) is 5.87. The summed E-state index contributed by atoms with van der Waals surface area (Å²) >= 11 is 0. The Hall–Kier alpha value is -2.22. The predicted octanol–water partition coefficient (Wildman–Crippen LogP) is 4.09. The third-order valence-electron chi connectivity index (χ3n) is 5.99. The van der Waals surface area contributed by atoms with Crippen molar-refractivity contribution in [3.63, 3.8) is 0 Å². The fourth-order valence-electron chi connectivity index (χ4n) is 4.37. The average molecular weight is 379 g/mol. The number of hydrogen-bond donors (Lipinski definition) is 0. The Balaban J connectivity index is 1.89. The zero-order chi connectivity index (χ0) is 19.6. The van der Waals surface area contributed by atoms with Gasteiger partial charge in [0.2, 0.25) is 0 Å². The maximum absolute atomic E-state index is 13.2. The SMILES string of the molecule is CCC1(C)OC2(C)CCC1c1c2nnc(-c2cccc(C(F)(F)F)c2)[n+]1[O-]. The van der Waals surface area contributed by atoms with Gasteiger partial charge in [-0.05, 0) is 56.4 Å². The summed E-state index contributed by atoms with van der Waals surface area (Å²) in [5, 5.41) is 21.4. The number of halogens is 3. The molecule has 1 saturated heterocycles. The van der Waals surface area contributed by atoms with Crippen LogP contribution in [0.4, 0.5) is 13.2 Å². The minimum atomic E-state index is -4.49. The second kappa shape index (κ2) is 5.64. The van der Waals surface area contributed by atoms with E-state index in [1.54, 1.807) is 0 Å². The topological polar surface area (TPSA) is 62.0 Å². The Morgan fingerprint density at radius 1 is 1.30 bits per heavy atom. The third kappa shape index (κ3) is 2.61. The molecule has 0 saturated carbocycles. The van der Waals surface area contributed by atoms with Crippen molar-refractivity contribution in [2.75, 3.05) is 0 Å². The Morgan fingerprint density at radius 3 is 2.70 bits per heavy atom. The summed E-state index contributed by atoms with van der Waals surface area (Å²) in [7, 11) is 0. The molecule has 8 heteroatoms. The molecule has 3 aliphatic rings. The molecule has 1 aromatic carbocycles. The molecule has 2 aliphatic heterocycles. The van der Waals surface area contributed by atoms with E-state index in [0.29, 0.717) is 22.5 Å². The quantitative estimate of drug-likeness (QED) is 0.583. The van der Waals surface area contributed by atoms with Crippen LogP contribution in [0.3, 0.4) is 0 Å². The zero-order valence-electron chi connectivity index (χ0n) is 15.3. The van der Waals surface area contributed by atoms with Gasteiger partial charge in [0, 0.05) is 0 Å². The lowest BCUT2D eigenvalue weighted by molar-refractivity contribution is -0.613. The summed E-state index contributed by atoms with van der Waals surface area (Å²) in [4.78, 5) is 0. The Morgan fingerprint density at radius 2 is 2.04 bits per heavy atom. The van der Waals surface area contributed by atoms with Crippen LogP contribution in [-0.4, -0.2) is 15.8 Å². The summed E-state index contributed by atoms with van der Waals surface area (Å²) in [6, 6.07) is 4.61. The highest BCUT2D eigenvalue weighted by Gasteiger charge is 2.57. The van der Waals surface area contributed by atoms with E-state index >= 15 is 0 Å². The van der Waals surface area contributed by atoms with Crippen LogP contribution in [0.1, 0.15) is 62.9 Å².